The molecule has 1 unspecified atom stereocenters. The number of carbonyl (C=O) groups is 1. The largest absolute Gasteiger partial charge is 0.496 e. The Kier molecular flexibility index (Phi) is 4.65. The van der Waals surface area contributed by atoms with E-state index in [1.54, 1.807) is 7.11 Å². The highest BCUT2D eigenvalue weighted by atomic mass is 16.5. The molecule has 0 saturated carbocycles. The average molecular weight is 276 g/mol. The predicted octanol–water partition coefficient (Wildman–Crippen LogP) is 2.25. The monoisotopic (exact) mass is 276 g/mol. The van der Waals surface area contributed by atoms with Crippen LogP contribution < -0.4 is 10.1 Å². The van der Waals surface area contributed by atoms with Crippen molar-refractivity contribution in [2.24, 2.45) is 0 Å². The molecule has 4 nitrogen and oxygen atoms in total. The molecule has 0 aromatic heterocycles. The smallest absolute Gasteiger partial charge is 0.255 e. The van der Waals surface area contributed by atoms with Crippen LogP contribution in [0.3, 0.4) is 0 Å². The van der Waals surface area contributed by atoms with Gasteiger partial charge in [-0.05, 0) is 43.6 Å². The molecule has 0 bridgehead atoms. The molecule has 1 aromatic carbocycles. The summed E-state index contributed by atoms with van der Waals surface area (Å²) in [5.74, 6) is 1.03. The van der Waals surface area contributed by atoms with E-state index in [2.05, 4.69) is 31.1 Å². The van der Waals surface area contributed by atoms with E-state index in [1.165, 1.54) is 5.56 Å². The van der Waals surface area contributed by atoms with Gasteiger partial charge >= 0.3 is 0 Å². The summed E-state index contributed by atoms with van der Waals surface area (Å²) in [6.45, 7) is 6.21. The van der Waals surface area contributed by atoms with Gasteiger partial charge in [0.15, 0.2) is 0 Å². The van der Waals surface area contributed by atoms with Crippen molar-refractivity contribution in [3.05, 3.63) is 29.3 Å². The number of nitrogens with one attached hydrogen (secondary N) is 1. The Hall–Kier alpha value is -1.55. The molecule has 1 amide bonds. The van der Waals surface area contributed by atoms with Gasteiger partial charge < -0.3 is 15.0 Å². The zero-order valence-electron chi connectivity index (χ0n) is 12.8. The van der Waals surface area contributed by atoms with Crippen molar-refractivity contribution in [2.45, 2.75) is 32.2 Å². The highest BCUT2D eigenvalue weighted by molar-refractivity contribution is 5.97. The lowest BCUT2D eigenvalue weighted by molar-refractivity contribution is 0.0935. The summed E-state index contributed by atoms with van der Waals surface area (Å²) >= 11 is 0. The molecule has 1 aliphatic heterocycles. The normalized spacial score (nSPS) is 19.4. The quantitative estimate of drug-likeness (QED) is 0.917. The maximum atomic E-state index is 12.4. The van der Waals surface area contributed by atoms with Crippen LogP contribution >= 0.6 is 0 Å². The SMILES string of the molecule is COc1cc(C(C)C)ccc1C(=O)NC1CCN(C)C1. The van der Waals surface area contributed by atoms with Crippen molar-refractivity contribution < 1.29 is 9.53 Å². The average Bonchev–Trinajstić information content (AvgIpc) is 2.83. The molecule has 20 heavy (non-hydrogen) atoms. The van der Waals surface area contributed by atoms with E-state index >= 15 is 0 Å². The Balaban J connectivity index is 2.12. The van der Waals surface area contributed by atoms with Crippen LogP contribution in [0.2, 0.25) is 0 Å². The van der Waals surface area contributed by atoms with Crippen LogP contribution in [0.4, 0.5) is 0 Å². The third kappa shape index (κ3) is 3.31. The minimum Gasteiger partial charge on any atom is -0.496 e. The van der Waals surface area contributed by atoms with E-state index < -0.39 is 0 Å². The Labute approximate surface area is 121 Å². The first kappa shape index (κ1) is 14.9. The number of rotatable bonds is 4. The topological polar surface area (TPSA) is 41.6 Å². The predicted molar refractivity (Wildman–Crippen MR) is 80.5 cm³/mol. The van der Waals surface area contributed by atoms with E-state index in [9.17, 15) is 4.79 Å². The highest BCUT2D eigenvalue weighted by Crippen LogP contribution is 2.25. The van der Waals surface area contributed by atoms with Crippen molar-refractivity contribution in [3.8, 4) is 5.75 Å². The summed E-state index contributed by atoms with van der Waals surface area (Å²) in [7, 11) is 3.68. The zero-order chi connectivity index (χ0) is 14.7. The molecule has 1 aromatic rings. The summed E-state index contributed by atoms with van der Waals surface area (Å²) in [6, 6.07) is 6.06. The highest BCUT2D eigenvalue weighted by Gasteiger charge is 2.23. The molecule has 110 valence electrons. The van der Waals surface area contributed by atoms with Gasteiger partial charge in [0.25, 0.3) is 5.91 Å². The van der Waals surface area contributed by atoms with E-state index in [4.69, 9.17) is 4.74 Å². The summed E-state index contributed by atoms with van der Waals surface area (Å²) in [6.07, 6.45) is 1.01. The van der Waals surface area contributed by atoms with Gasteiger partial charge in [-0.3, -0.25) is 4.79 Å². The lowest BCUT2D eigenvalue weighted by atomic mass is 10.0. The first-order chi connectivity index (χ1) is 9.51. The van der Waals surface area contributed by atoms with Gasteiger partial charge in [-0.1, -0.05) is 19.9 Å². The second kappa shape index (κ2) is 6.27. The maximum absolute atomic E-state index is 12.4. The van der Waals surface area contributed by atoms with Gasteiger partial charge in [0, 0.05) is 12.6 Å². The van der Waals surface area contributed by atoms with Crippen LogP contribution in [0, 0.1) is 0 Å². The molecule has 0 aliphatic carbocycles. The molecule has 1 heterocycles. The first-order valence-electron chi connectivity index (χ1n) is 7.18. The maximum Gasteiger partial charge on any atom is 0.255 e. The molecular weight excluding hydrogens is 252 g/mol. The van der Waals surface area contributed by atoms with Gasteiger partial charge in [-0.15, -0.1) is 0 Å². The fourth-order valence-electron chi connectivity index (χ4n) is 2.57. The molecule has 1 fully saturated rings. The zero-order valence-corrected chi connectivity index (χ0v) is 12.8. The van der Waals surface area contributed by atoms with Crippen molar-refractivity contribution >= 4 is 5.91 Å². The minimum atomic E-state index is -0.0440. The van der Waals surface area contributed by atoms with Crippen LogP contribution in [0.5, 0.6) is 5.75 Å². The van der Waals surface area contributed by atoms with Gasteiger partial charge in [0.2, 0.25) is 0 Å². The Morgan fingerprint density at radius 2 is 2.20 bits per heavy atom. The van der Waals surface area contributed by atoms with Crippen molar-refractivity contribution in [3.63, 3.8) is 0 Å². The van der Waals surface area contributed by atoms with Crippen molar-refractivity contribution in [2.75, 3.05) is 27.2 Å². The molecule has 1 N–H and O–H groups in total. The summed E-state index contributed by atoms with van der Waals surface area (Å²) in [4.78, 5) is 14.6. The molecule has 1 saturated heterocycles. The van der Waals surface area contributed by atoms with Gasteiger partial charge in [-0.25, -0.2) is 0 Å². The number of ether oxygens (including phenoxy) is 1. The number of methoxy groups -OCH3 is 1. The van der Waals surface area contributed by atoms with Crippen molar-refractivity contribution in [1.29, 1.82) is 0 Å². The number of benzene rings is 1. The first-order valence-corrected chi connectivity index (χ1v) is 7.18. The Morgan fingerprint density at radius 3 is 2.75 bits per heavy atom. The molecule has 0 radical (unpaired) electrons. The number of likely N-dealkylation sites (N-methyl/N-ethyl adjacent to an activating group) is 1. The van der Waals surface area contributed by atoms with Crippen LogP contribution in [-0.2, 0) is 0 Å². The van der Waals surface area contributed by atoms with E-state index in [1.807, 2.05) is 18.2 Å². The second-order valence-electron chi connectivity index (χ2n) is 5.84. The van der Waals surface area contributed by atoms with Crippen LogP contribution in [0.15, 0.2) is 18.2 Å². The standard InChI is InChI=1S/C16H24N2O2/c1-11(2)12-5-6-14(15(9-12)20-4)16(19)17-13-7-8-18(3)10-13/h5-6,9,11,13H,7-8,10H2,1-4H3,(H,17,19). The number of hydrogen-bond donors (Lipinski definition) is 1. The molecule has 1 aliphatic rings. The van der Waals surface area contributed by atoms with Crippen LogP contribution in [-0.4, -0.2) is 44.1 Å². The summed E-state index contributed by atoms with van der Waals surface area (Å²) in [5.41, 5.74) is 1.80. The lowest BCUT2D eigenvalue weighted by Crippen LogP contribution is -2.36. The van der Waals surface area contributed by atoms with Crippen LogP contribution in [0.1, 0.15) is 42.1 Å². The molecule has 4 heteroatoms. The third-order valence-corrected chi connectivity index (χ3v) is 3.86. The van der Waals surface area contributed by atoms with Gasteiger partial charge in [-0.2, -0.15) is 0 Å². The molecule has 0 spiro atoms. The summed E-state index contributed by atoms with van der Waals surface area (Å²) < 4.78 is 5.37. The Bertz CT molecular complexity index is 485. The fourth-order valence-corrected chi connectivity index (χ4v) is 2.57. The van der Waals surface area contributed by atoms with E-state index in [-0.39, 0.29) is 11.9 Å². The lowest BCUT2D eigenvalue weighted by Gasteiger charge is -2.16. The summed E-state index contributed by atoms with van der Waals surface area (Å²) in [5, 5.41) is 3.09. The van der Waals surface area contributed by atoms with E-state index in [0.29, 0.717) is 17.2 Å². The number of hydrogen-bond acceptors (Lipinski definition) is 3. The second-order valence-corrected chi connectivity index (χ2v) is 5.84. The number of likely N-dealkylation sites (tertiary alicyclic amines) is 1. The molecule has 1 atom stereocenters. The number of carbonyl (C=O) groups excluding carboxylic acids is 1. The van der Waals surface area contributed by atoms with Crippen LogP contribution in [0.25, 0.3) is 0 Å². The van der Waals surface area contributed by atoms with Crippen molar-refractivity contribution in [1.82, 2.24) is 10.2 Å². The van der Waals surface area contributed by atoms with Gasteiger partial charge in [0.05, 0.1) is 12.7 Å². The minimum absolute atomic E-state index is 0.0440. The molecular formula is C16H24N2O2. The van der Waals surface area contributed by atoms with Gasteiger partial charge in [0.1, 0.15) is 5.75 Å². The van der Waals surface area contributed by atoms with E-state index in [0.717, 1.165) is 19.5 Å². The number of amides is 1. The Morgan fingerprint density at radius 1 is 1.45 bits per heavy atom. The third-order valence-electron chi connectivity index (χ3n) is 3.86. The number of nitrogens with zero attached hydrogens (tertiary/aromatic N) is 1. The molecule has 2 rings (SSSR count). The fraction of sp³-hybridized carbons (Fsp3) is 0.562.